The zero-order valence-corrected chi connectivity index (χ0v) is 30.3. The first kappa shape index (κ1) is 42.0. The second-order valence-electron chi connectivity index (χ2n) is 12.3. The van der Waals surface area contributed by atoms with E-state index in [0.29, 0.717) is 49.1 Å². The molecule has 0 aromatic heterocycles. The van der Waals surface area contributed by atoms with Crippen LogP contribution in [0.5, 0.6) is 0 Å². The second kappa shape index (κ2) is 24.2. The van der Waals surface area contributed by atoms with Gasteiger partial charge in [0.05, 0.1) is 14.2 Å². The summed E-state index contributed by atoms with van der Waals surface area (Å²) in [7, 11) is 2.80. The van der Waals surface area contributed by atoms with E-state index in [1.807, 2.05) is 13.8 Å². The SMILES string of the molecule is CCC(=O)CCC1CN(C(=O)OC)C1.CCC(=O)CCC1CN(CCc2ccccc2)C1.CCC(=O)Cl.CCC1CN(C(=O)OC)C1. The average molecular weight is 680 g/mol. The Morgan fingerprint density at radius 1 is 0.681 bits per heavy atom. The van der Waals surface area contributed by atoms with E-state index in [0.717, 1.165) is 70.7 Å². The summed E-state index contributed by atoms with van der Waals surface area (Å²) in [6.07, 6.45) is 7.03. The zero-order chi connectivity index (χ0) is 35.2. The molecule has 1 aromatic rings. The van der Waals surface area contributed by atoms with E-state index in [9.17, 15) is 24.0 Å². The van der Waals surface area contributed by atoms with Crippen molar-refractivity contribution in [2.75, 3.05) is 60.0 Å². The minimum Gasteiger partial charge on any atom is -0.453 e. The number of amides is 2. The third-order valence-electron chi connectivity index (χ3n) is 8.68. The number of carbonyl (C=O) groups excluding carboxylic acids is 5. The Morgan fingerprint density at radius 2 is 1.11 bits per heavy atom. The number of rotatable bonds is 13. The van der Waals surface area contributed by atoms with Gasteiger partial charge < -0.3 is 24.2 Å². The van der Waals surface area contributed by atoms with Crippen LogP contribution in [0.1, 0.15) is 84.6 Å². The number of ether oxygens (including phenoxy) is 2. The molecule has 2 amide bonds. The Kier molecular flexibility index (Phi) is 21.7. The van der Waals surface area contributed by atoms with Gasteiger partial charge in [0.2, 0.25) is 5.24 Å². The van der Waals surface area contributed by atoms with E-state index >= 15 is 0 Å². The van der Waals surface area contributed by atoms with Crippen LogP contribution in [0.25, 0.3) is 0 Å². The number of methoxy groups -OCH3 is 2. The molecule has 0 atom stereocenters. The third-order valence-corrected chi connectivity index (χ3v) is 8.95. The molecular weight excluding hydrogens is 622 g/mol. The minimum absolute atomic E-state index is 0.190. The fourth-order valence-electron chi connectivity index (χ4n) is 5.19. The van der Waals surface area contributed by atoms with Crippen LogP contribution in [0.15, 0.2) is 30.3 Å². The topological polar surface area (TPSA) is 114 Å². The van der Waals surface area contributed by atoms with E-state index in [4.69, 9.17) is 11.6 Å². The van der Waals surface area contributed by atoms with Crippen molar-refractivity contribution in [1.29, 1.82) is 0 Å². The largest absolute Gasteiger partial charge is 0.453 e. The Hall–Kier alpha value is -2.98. The molecule has 0 spiro atoms. The number of benzene rings is 1. The molecule has 11 heteroatoms. The summed E-state index contributed by atoms with van der Waals surface area (Å²) in [5.41, 5.74) is 1.42. The number of carbonyl (C=O) groups is 5. The molecule has 3 fully saturated rings. The zero-order valence-electron chi connectivity index (χ0n) is 29.5. The molecule has 0 bridgehead atoms. The highest BCUT2D eigenvalue weighted by molar-refractivity contribution is 6.63. The maximum atomic E-state index is 11.2. The van der Waals surface area contributed by atoms with E-state index in [1.165, 1.54) is 32.9 Å². The number of nitrogens with zero attached hydrogens (tertiary/aromatic N) is 3. The highest BCUT2D eigenvalue weighted by Gasteiger charge is 2.31. The summed E-state index contributed by atoms with van der Waals surface area (Å²) in [6, 6.07) is 10.7. The third kappa shape index (κ3) is 17.7. The standard InChI is InChI=1S/C16H23NO.C10H17NO3.C7H13NO2.C3H5ClO/c1-2-16(18)9-8-15-12-17(13-15)11-10-14-6-4-3-5-7-14;1-3-9(12)5-4-8-6-11(7-8)10(13)14-2;1-3-6-4-8(5-6)7(9)10-2;1-2-3(4)5/h3-7,15H,2,8-13H2,1H3;8H,3-7H2,1-2H3;6H,3-5H2,1-2H3;2H2,1H3. The molecule has 10 nitrogen and oxygen atoms in total. The van der Waals surface area contributed by atoms with Crippen LogP contribution in [0.4, 0.5) is 9.59 Å². The second-order valence-corrected chi connectivity index (χ2v) is 12.7. The van der Waals surface area contributed by atoms with E-state index in [1.54, 1.807) is 16.7 Å². The van der Waals surface area contributed by atoms with Crippen molar-refractivity contribution in [3.8, 4) is 0 Å². The van der Waals surface area contributed by atoms with Gasteiger partial charge in [-0.25, -0.2) is 9.59 Å². The number of ketones is 2. The number of hydrogen-bond donors (Lipinski definition) is 0. The van der Waals surface area contributed by atoms with Crippen molar-refractivity contribution in [3.05, 3.63) is 35.9 Å². The van der Waals surface area contributed by atoms with Crippen molar-refractivity contribution >= 4 is 40.6 Å². The molecule has 4 rings (SSSR count). The summed E-state index contributed by atoms with van der Waals surface area (Å²) in [6.45, 7) is 14.4. The van der Waals surface area contributed by atoms with Crippen LogP contribution in [0.3, 0.4) is 0 Å². The molecule has 3 heterocycles. The molecular formula is C36H58ClN3O7. The lowest BCUT2D eigenvalue weighted by atomic mass is 9.93. The maximum Gasteiger partial charge on any atom is 0.409 e. The molecule has 0 saturated carbocycles. The first-order chi connectivity index (χ1) is 22.5. The van der Waals surface area contributed by atoms with Crippen LogP contribution < -0.4 is 0 Å². The first-order valence-electron chi connectivity index (χ1n) is 17.1. The van der Waals surface area contributed by atoms with Gasteiger partial charge in [-0.3, -0.25) is 14.4 Å². The summed E-state index contributed by atoms with van der Waals surface area (Å²) in [5, 5.41) is -0.273. The fraction of sp³-hybridized carbons (Fsp3) is 0.694. The highest BCUT2D eigenvalue weighted by Crippen LogP contribution is 2.22. The summed E-state index contributed by atoms with van der Waals surface area (Å²) < 4.78 is 9.10. The molecule has 0 aliphatic carbocycles. The summed E-state index contributed by atoms with van der Waals surface area (Å²) >= 11 is 4.82. The van der Waals surface area contributed by atoms with Crippen LogP contribution in [-0.4, -0.2) is 104 Å². The molecule has 0 unspecified atom stereocenters. The van der Waals surface area contributed by atoms with Crippen molar-refractivity contribution in [1.82, 2.24) is 14.7 Å². The maximum absolute atomic E-state index is 11.2. The lowest BCUT2D eigenvalue weighted by molar-refractivity contribution is -0.120. The van der Waals surface area contributed by atoms with Gasteiger partial charge >= 0.3 is 12.2 Å². The Morgan fingerprint density at radius 3 is 1.49 bits per heavy atom. The molecule has 1 aromatic carbocycles. The van der Waals surface area contributed by atoms with Gasteiger partial charge in [-0.2, -0.15) is 0 Å². The van der Waals surface area contributed by atoms with E-state index in [-0.39, 0.29) is 17.4 Å². The van der Waals surface area contributed by atoms with Gasteiger partial charge in [0.15, 0.2) is 0 Å². The molecule has 266 valence electrons. The predicted molar refractivity (Wildman–Crippen MR) is 186 cm³/mol. The minimum atomic E-state index is -0.273. The molecule has 3 aliphatic heterocycles. The van der Waals surface area contributed by atoms with Gasteiger partial charge in [-0.15, -0.1) is 0 Å². The number of Topliss-reactive ketones (excluding diaryl/α,β-unsaturated/α-hetero) is 2. The van der Waals surface area contributed by atoms with Gasteiger partial charge in [0.1, 0.15) is 11.6 Å². The molecule has 0 radical (unpaired) electrons. The predicted octanol–water partition coefficient (Wildman–Crippen LogP) is 6.62. The quantitative estimate of drug-likeness (QED) is 0.214. The fourth-order valence-corrected chi connectivity index (χ4v) is 5.19. The van der Waals surface area contributed by atoms with Crippen molar-refractivity contribution < 1.29 is 33.4 Å². The lowest BCUT2D eigenvalue weighted by Gasteiger charge is -2.39. The summed E-state index contributed by atoms with van der Waals surface area (Å²) in [4.78, 5) is 59.4. The van der Waals surface area contributed by atoms with Crippen molar-refractivity contribution in [2.45, 2.75) is 85.5 Å². The van der Waals surface area contributed by atoms with Gasteiger partial charge in [-0.1, -0.05) is 58.0 Å². The van der Waals surface area contributed by atoms with Gasteiger partial charge in [0, 0.05) is 77.9 Å². The molecule has 0 N–H and O–H groups in total. The molecule has 3 saturated heterocycles. The molecule has 47 heavy (non-hydrogen) atoms. The Labute approximate surface area is 287 Å². The molecule has 3 aliphatic rings. The van der Waals surface area contributed by atoms with Crippen LogP contribution in [-0.2, 0) is 30.3 Å². The monoisotopic (exact) mass is 679 g/mol. The van der Waals surface area contributed by atoms with Crippen molar-refractivity contribution in [3.63, 3.8) is 0 Å². The van der Waals surface area contributed by atoms with Crippen LogP contribution in [0, 0.1) is 17.8 Å². The number of likely N-dealkylation sites (tertiary alicyclic amines) is 3. The van der Waals surface area contributed by atoms with E-state index in [2.05, 4.69) is 51.6 Å². The lowest BCUT2D eigenvalue weighted by Crippen LogP contribution is -2.49. The smallest absolute Gasteiger partial charge is 0.409 e. The van der Waals surface area contributed by atoms with E-state index < -0.39 is 0 Å². The highest BCUT2D eigenvalue weighted by atomic mass is 35.5. The Balaban J connectivity index is 0.000000340. The Bertz CT molecular complexity index is 1070. The number of hydrogen-bond acceptors (Lipinski definition) is 8. The van der Waals surface area contributed by atoms with Crippen molar-refractivity contribution in [2.24, 2.45) is 17.8 Å². The number of halogens is 1. The first-order valence-corrected chi connectivity index (χ1v) is 17.5. The van der Waals surface area contributed by atoms with Gasteiger partial charge in [-0.05, 0) is 60.6 Å². The summed E-state index contributed by atoms with van der Waals surface area (Å²) in [5.74, 6) is 2.68. The van der Waals surface area contributed by atoms with Crippen LogP contribution in [0.2, 0.25) is 0 Å². The normalized spacial score (nSPS) is 15.9. The van der Waals surface area contributed by atoms with Gasteiger partial charge in [0.25, 0.3) is 0 Å². The van der Waals surface area contributed by atoms with Crippen LogP contribution >= 0.6 is 11.6 Å². The average Bonchev–Trinajstić information content (AvgIpc) is 3.03.